The number of hydrogen-bond acceptors (Lipinski definition) is 7. The number of hydrogen-bond donors (Lipinski definition) is 1. The average Bonchev–Trinajstić information content (AvgIpc) is 2.83. The molecule has 0 radical (unpaired) electrons. The van der Waals surface area contributed by atoms with Gasteiger partial charge in [0.1, 0.15) is 0 Å². The maximum atomic E-state index is 13.2. The summed E-state index contributed by atoms with van der Waals surface area (Å²) >= 11 is 0. The second-order valence-corrected chi connectivity index (χ2v) is 9.22. The van der Waals surface area contributed by atoms with Gasteiger partial charge in [-0.3, -0.25) is 4.79 Å². The van der Waals surface area contributed by atoms with E-state index in [0.29, 0.717) is 42.1 Å². The number of methoxy groups -OCH3 is 3. The van der Waals surface area contributed by atoms with E-state index >= 15 is 0 Å². The van der Waals surface area contributed by atoms with Gasteiger partial charge in [0.05, 0.1) is 37.7 Å². The summed E-state index contributed by atoms with van der Waals surface area (Å²) in [5, 5.41) is 2.79. The van der Waals surface area contributed by atoms with Crippen LogP contribution >= 0.6 is 0 Å². The third kappa shape index (κ3) is 5.03. The molecule has 1 N–H and O–H groups in total. The number of esters is 1. The van der Waals surface area contributed by atoms with Gasteiger partial charge in [-0.1, -0.05) is 0 Å². The van der Waals surface area contributed by atoms with E-state index < -0.39 is 21.9 Å². The maximum absolute atomic E-state index is 13.2. The Morgan fingerprint density at radius 2 is 1.69 bits per heavy atom. The van der Waals surface area contributed by atoms with Gasteiger partial charge in [0.15, 0.2) is 11.5 Å². The van der Waals surface area contributed by atoms with Crippen LogP contribution in [0.25, 0.3) is 0 Å². The molecule has 0 bridgehead atoms. The van der Waals surface area contributed by atoms with Gasteiger partial charge < -0.3 is 19.5 Å². The summed E-state index contributed by atoms with van der Waals surface area (Å²) < 4.78 is 42.7. The van der Waals surface area contributed by atoms with Gasteiger partial charge in [-0.15, -0.1) is 0 Å². The molecule has 1 atom stereocenters. The Morgan fingerprint density at radius 3 is 2.31 bits per heavy atom. The highest BCUT2D eigenvalue weighted by atomic mass is 32.2. The zero-order valence-electron chi connectivity index (χ0n) is 18.2. The molecule has 0 spiro atoms. The van der Waals surface area contributed by atoms with Crippen molar-refractivity contribution in [3.05, 3.63) is 48.0 Å². The highest BCUT2D eigenvalue weighted by molar-refractivity contribution is 7.89. The summed E-state index contributed by atoms with van der Waals surface area (Å²) in [5.41, 5.74) is 0.887. The van der Waals surface area contributed by atoms with E-state index in [2.05, 4.69) is 10.1 Å². The first kappa shape index (κ1) is 23.6. The van der Waals surface area contributed by atoms with Crippen molar-refractivity contribution < 1.29 is 32.2 Å². The van der Waals surface area contributed by atoms with E-state index in [0.717, 1.165) is 0 Å². The Balaban J connectivity index is 1.71. The van der Waals surface area contributed by atoms with Crippen LogP contribution in [0.1, 0.15) is 23.2 Å². The molecule has 0 unspecified atom stereocenters. The number of sulfonamides is 1. The number of ether oxygens (including phenoxy) is 3. The molecule has 0 aliphatic carbocycles. The van der Waals surface area contributed by atoms with Gasteiger partial charge >= 0.3 is 5.97 Å². The SMILES string of the molecule is COC(=O)c1ccc(NC(=O)[C@@H]2CCCN(S(=O)(=O)c3ccc(OC)c(OC)c3)C2)cc1. The van der Waals surface area contributed by atoms with Crippen LogP contribution in [0, 0.1) is 5.92 Å². The van der Waals surface area contributed by atoms with Crippen molar-refractivity contribution in [3.63, 3.8) is 0 Å². The van der Waals surface area contributed by atoms with E-state index in [-0.39, 0.29) is 17.3 Å². The fraction of sp³-hybridized carbons (Fsp3) is 0.364. The van der Waals surface area contributed by atoms with E-state index in [4.69, 9.17) is 9.47 Å². The van der Waals surface area contributed by atoms with Crippen LogP contribution in [-0.2, 0) is 19.6 Å². The average molecular weight is 463 g/mol. The first-order chi connectivity index (χ1) is 15.3. The normalized spacial score (nSPS) is 16.8. The standard InChI is InChI=1S/C22H26N2O7S/c1-29-19-11-10-18(13-20(19)30-2)32(27,28)24-12-4-5-16(14-24)21(25)23-17-8-6-15(7-9-17)22(26)31-3/h6-11,13,16H,4-5,12,14H2,1-3H3,(H,23,25)/t16-/m1/s1. The lowest BCUT2D eigenvalue weighted by molar-refractivity contribution is -0.120. The van der Waals surface area contributed by atoms with Gasteiger partial charge in [0.2, 0.25) is 15.9 Å². The zero-order valence-corrected chi connectivity index (χ0v) is 19.0. The van der Waals surface area contributed by atoms with Crippen molar-refractivity contribution in [2.24, 2.45) is 5.92 Å². The van der Waals surface area contributed by atoms with E-state index in [9.17, 15) is 18.0 Å². The Labute approximate surface area is 187 Å². The van der Waals surface area contributed by atoms with E-state index in [1.807, 2.05) is 0 Å². The number of piperidine rings is 1. The fourth-order valence-electron chi connectivity index (χ4n) is 3.55. The second-order valence-electron chi connectivity index (χ2n) is 7.28. The van der Waals surface area contributed by atoms with Gasteiger partial charge in [-0.05, 0) is 49.2 Å². The molecule has 9 nitrogen and oxygen atoms in total. The molecule has 10 heteroatoms. The number of nitrogens with zero attached hydrogens (tertiary/aromatic N) is 1. The third-order valence-corrected chi connectivity index (χ3v) is 7.18. The second kappa shape index (κ2) is 10.0. The van der Waals surface area contributed by atoms with Gasteiger partial charge in [0.25, 0.3) is 0 Å². The summed E-state index contributed by atoms with van der Waals surface area (Å²) in [6, 6.07) is 10.7. The number of nitrogens with one attached hydrogen (secondary N) is 1. The number of carbonyl (C=O) groups is 2. The lowest BCUT2D eigenvalue weighted by atomic mass is 9.98. The highest BCUT2D eigenvalue weighted by Gasteiger charge is 2.33. The molecule has 3 rings (SSSR count). The molecule has 32 heavy (non-hydrogen) atoms. The number of anilines is 1. The summed E-state index contributed by atoms with van der Waals surface area (Å²) in [6.07, 6.45) is 1.13. The van der Waals surface area contributed by atoms with Crippen LogP contribution in [-0.4, -0.2) is 59.0 Å². The van der Waals surface area contributed by atoms with Crippen LogP contribution in [0.3, 0.4) is 0 Å². The molecule has 172 valence electrons. The first-order valence-corrected chi connectivity index (χ1v) is 11.5. The van der Waals surface area contributed by atoms with Crippen LogP contribution < -0.4 is 14.8 Å². The Hall–Kier alpha value is -3.11. The molecule has 1 saturated heterocycles. The van der Waals surface area contributed by atoms with Crippen LogP contribution in [0.2, 0.25) is 0 Å². The summed E-state index contributed by atoms with van der Waals surface area (Å²) in [4.78, 5) is 24.4. The molecule has 1 fully saturated rings. The van der Waals surface area contributed by atoms with Crippen LogP contribution in [0.15, 0.2) is 47.4 Å². The van der Waals surface area contributed by atoms with Gasteiger partial charge in [0, 0.05) is 24.8 Å². The third-order valence-electron chi connectivity index (χ3n) is 5.32. The van der Waals surface area contributed by atoms with E-state index in [1.165, 1.54) is 43.8 Å². The zero-order chi connectivity index (χ0) is 23.3. The minimum absolute atomic E-state index is 0.0722. The van der Waals surface area contributed by atoms with Crippen molar-refractivity contribution >= 4 is 27.6 Å². The topological polar surface area (TPSA) is 111 Å². The van der Waals surface area contributed by atoms with Crippen LogP contribution in [0.4, 0.5) is 5.69 Å². The summed E-state index contributed by atoms with van der Waals surface area (Å²) in [7, 11) is 0.397. The number of amides is 1. The monoisotopic (exact) mass is 462 g/mol. The lowest BCUT2D eigenvalue weighted by Gasteiger charge is -2.31. The smallest absolute Gasteiger partial charge is 0.337 e. The molecule has 2 aromatic carbocycles. The Bertz CT molecular complexity index is 1080. The molecule has 0 saturated carbocycles. The number of carbonyl (C=O) groups excluding carboxylic acids is 2. The fourth-order valence-corrected chi connectivity index (χ4v) is 5.09. The van der Waals surface area contributed by atoms with Crippen molar-refractivity contribution in [2.45, 2.75) is 17.7 Å². The van der Waals surface area contributed by atoms with Crippen LogP contribution in [0.5, 0.6) is 11.5 Å². The van der Waals surface area contributed by atoms with Crippen molar-refractivity contribution in [1.82, 2.24) is 4.31 Å². The molecular weight excluding hydrogens is 436 g/mol. The molecule has 2 aromatic rings. The molecule has 1 amide bonds. The quantitative estimate of drug-likeness (QED) is 0.630. The van der Waals surface area contributed by atoms with Crippen molar-refractivity contribution in [1.29, 1.82) is 0 Å². The Kier molecular flexibility index (Phi) is 7.37. The minimum Gasteiger partial charge on any atom is -0.493 e. The molecule has 0 aromatic heterocycles. The minimum atomic E-state index is -3.81. The largest absolute Gasteiger partial charge is 0.493 e. The number of rotatable bonds is 7. The predicted molar refractivity (Wildman–Crippen MR) is 117 cm³/mol. The molecular formula is C22H26N2O7S. The highest BCUT2D eigenvalue weighted by Crippen LogP contribution is 2.32. The lowest BCUT2D eigenvalue weighted by Crippen LogP contribution is -2.43. The number of benzene rings is 2. The first-order valence-electron chi connectivity index (χ1n) is 10.0. The molecule has 1 aliphatic rings. The van der Waals surface area contributed by atoms with Gasteiger partial charge in [-0.2, -0.15) is 4.31 Å². The summed E-state index contributed by atoms with van der Waals surface area (Å²) in [5.74, 6) is -0.496. The maximum Gasteiger partial charge on any atom is 0.337 e. The summed E-state index contributed by atoms with van der Waals surface area (Å²) in [6.45, 7) is 0.400. The molecule has 1 aliphatic heterocycles. The Morgan fingerprint density at radius 1 is 1.00 bits per heavy atom. The molecule has 1 heterocycles. The predicted octanol–water partition coefficient (Wildman–Crippen LogP) is 2.53. The van der Waals surface area contributed by atoms with E-state index in [1.54, 1.807) is 24.3 Å². The van der Waals surface area contributed by atoms with Crippen molar-refractivity contribution in [2.75, 3.05) is 39.7 Å². The van der Waals surface area contributed by atoms with Crippen molar-refractivity contribution in [3.8, 4) is 11.5 Å². The van der Waals surface area contributed by atoms with Gasteiger partial charge in [-0.25, -0.2) is 13.2 Å².